The fraction of sp³-hybridized carbons (Fsp3) is 0.235. The molecule has 2 aromatic carbocycles. The van der Waals surface area contributed by atoms with Gasteiger partial charge in [0.1, 0.15) is 0 Å². The van der Waals surface area contributed by atoms with Gasteiger partial charge in [-0.05, 0) is 42.3 Å². The number of carbonyl (C=O) groups is 1. The summed E-state index contributed by atoms with van der Waals surface area (Å²) in [5.41, 5.74) is 12.5. The summed E-state index contributed by atoms with van der Waals surface area (Å²) in [5.74, 6) is 0.747. The van der Waals surface area contributed by atoms with Gasteiger partial charge >= 0.3 is 0 Å². The Bertz CT molecular complexity index is 717. The van der Waals surface area contributed by atoms with Crippen molar-refractivity contribution in [1.29, 1.82) is 0 Å². The maximum Gasteiger partial charge on any atom is 0.255 e. The highest BCUT2D eigenvalue weighted by Crippen LogP contribution is 2.21. The number of hydrogen-bond acceptors (Lipinski definition) is 5. The van der Waals surface area contributed by atoms with Crippen LogP contribution in [-0.4, -0.2) is 17.8 Å². The standard InChI is InChI=1S/C17H19ClN4OS/c1-11-2-7-14(8-15(11)18)20-17(23)13-5-3-12(4-6-13)10-24-16-9-19-22-21-16/h2-8,16,19,21-22H,9-10H2,1H3,(H,20,23). The van der Waals surface area contributed by atoms with E-state index >= 15 is 0 Å². The van der Waals surface area contributed by atoms with Crippen LogP contribution in [0.4, 0.5) is 5.69 Å². The molecule has 1 atom stereocenters. The lowest BCUT2D eigenvalue weighted by atomic mass is 10.1. The van der Waals surface area contributed by atoms with E-state index in [1.54, 1.807) is 17.8 Å². The number of aryl methyl sites for hydroxylation is 1. The predicted molar refractivity (Wildman–Crippen MR) is 99.9 cm³/mol. The molecule has 0 spiro atoms. The summed E-state index contributed by atoms with van der Waals surface area (Å²) < 4.78 is 0. The van der Waals surface area contributed by atoms with E-state index in [4.69, 9.17) is 11.6 Å². The van der Waals surface area contributed by atoms with E-state index < -0.39 is 0 Å². The van der Waals surface area contributed by atoms with Gasteiger partial charge in [0, 0.05) is 28.6 Å². The molecule has 5 nitrogen and oxygen atoms in total. The van der Waals surface area contributed by atoms with Gasteiger partial charge in [-0.25, -0.2) is 10.9 Å². The molecule has 1 saturated heterocycles. The molecule has 24 heavy (non-hydrogen) atoms. The van der Waals surface area contributed by atoms with E-state index in [0.29, 0.717) is 21.6 Å². The molecule has 0 aliphatic carbocycles. The molecule has 1 aliphatic rings. The SMILES string of the molecule is Cc1ccc(NC(=O)c2ccc(CSC3CNNN3)cc2)cc1Cl. The smallest absolute Gasteiger partial charge is 0.255 e. The predicted octanol–water partition coefficient (Wildman–Crippen LogP) is 3.07. The molecule has 1 heterocycles. The van der Waals surface area contributed by atoms with Gasteiger partial charge in [0.15, 0.2) is 0 Å². The Morgan fingerprint density at radius 3 is 2.75 bits per heavy atom. The minimum atomic E-state index is -0.139. The number of carbonyl (C=O) groups excluding carboxylic acids is 1. The lowest BCUT2D eigenvalue weighted by molar-refractivity contribution is 0.102. The second-order valence-electron chi connectivity index (χ2n) is 5.56. The zero-order valence-corrected chi connectivity index (χ0v) is 14.8. The summed E-state index contributed by atoms with van der Waals surface area (Å²) in [4.78, 5) is 12.3. The third-order valence-electron chi connectivity index (χ3n) is 3.71. The summed E-state index contributed by atoms with van der Waals surface area (Å²) in [6.45, 7) is 2.81. The molecule has 0 radical (unpaired) electrons. The normalized spacial score (nSPS) is 17.0. The Balaban J connectivity index is 1.57. The average molecular weight is 363 g/mol. The van der Waals surface area contributed by atoms with Crippen molar-refractivity contribution in [3.05, 3.63) is 64.2 Å². The quantitative estimate of drug-likeness (QED) is 0.658. The minimum absolute atomic E-state index is 0.139. The van der Waals surface area contributed by atoms with Gasteiger partial charge in [-0.2, -0.15) is 5.53 Å². The van der Waals surface area contributed by atoms with Gasteiger partial charge in [-0.1, -0.05) is 29.8 Å². The number of hydrazine groups is 2. The highest BCUT2D eigenvalue weighted by Gasteiger charge is 2.13. The van der Waals surface area contributed by atoms with E-state index in [0.717, 1.165) is 17.9 Å². The van der Waals surface area contributed by atoms with E-state index in [9.17, 15) is 4.79 Å². The van der Waals surface area contributed by atoms with E-state index in [1.807, 2.05) is 43.3 Å². The van der Waals surface area contributed by atoms with Gasteiger partial charge in [-0.15, -0.1) is 11.8 Å². The van der Waals surface area contributed by atoms with Crippen molar-refractivity contribution >= 4 is 35.0 Å². The highest BCUT2D eigenvalue weighted by atomic mass is 35.5. The first kappa shape index (κ1) is 17.3. The van der Waals surface area contributed by atoms with Crippen LogP contribution in [0.3, 0.4) is 0 Å². The Kier molecular flexibility index (Phi) is 5.76. The first-order chi connectivity index (χ1) is 11.6. The van der Waals surface area contributed by atoms with Crippen LogP contribution < -0.4 is 21.7 Å². The van der Waals surface area contributed by atoms with Crippen LogP contribution in [0.15, 0.2) is 42.5 Å². The van der Waals surface area contributed by atoms with E-state index in [2.05, 4.69) is 21.7 Å². The summed E-state index contributed by atoms with van der Waals surface area (Å²) in [5, 5.41) is 3.86. The number of anilines is 1. The number of halogens is 1. The number of amides is 1. The zero-order chi connectivity index (χ0) is 16.9. The number of nitrogens with one attached hydrogen (secondary N) is 4. The molecule has 0 bridgehead atoms. The molecular formula is C17H19ClN4OS. The monoisotopic (exact) mass is 362 g/mol. The molecule has 1 unspecified atom stereocenters. The van der Waals surface area contributed by atoms with Crippen LogP contribution >= 0.6 is 23.4 Å². The molecule has 3 rings (SSSR count). The van der Waals surface area contributed by atoms with Gasteiger partial charge in [0.2, 0.25) is 0 Å². The lowest BCUT2D eigenvalue weighted by Crippen LogP contribution is -2.32. The van der Waals surface area contributed by atoms with Crippen LogP contribution in [0.25, 0.3) is 0 Å². The number of hydrogen-bond donors (Lipinski definition) is 4. The third kappa shape index (κ3) is 4.49. The van der Waals surface area contributed by atoms with Crippen LogP contribution in [0.1, 0.15) is 21.5 Å². The van der Waals surface area contributed by atoms with E-state index in [1.165, 1.54) is 5.56 Å². The van der Waals surface area contributed by atoms with Crippen LogP contribution in [0.2, 0.25) is 5.02 Å². The van der Waals surface area contributed by atoms with Crippen LogP contribution in [0, 0.1) is 6.92 Å². The Hall–Kier alpha value is -1.57. The molecular weight excluding hydrogens is 344 g/mol. The summed E-state index contributed by atoms with van der Waals surface area (Å²) in [7, 11) is 0. The maximum absolute atomic E-state index is 12.3. The van der Waals surface area contributed by atoms with Crippen molar-refractivity contribution in [2.24, 2.45) is 0 Å². The van der Waals surface area contributed by atoms with Crippen LogP contribution in [-0.2, 0) is 5.75 Å². The van der Waals surface area contributed by atoms with Crippen molar-refractivity contribution in [3.8, 4) is 0 Å². The molecule has 1 aliphatic heterocycles. The first-order valence-electron chi connectivity index (χ1n) is 7.63. The van der Waals surface area contributed by atoms with Crippen LogP contribution in [0.5, 0.6) is 0 Å². The molecule has 1 amide bonds. The Morgan fingerprint density at radius 1 is 1.29 bits per heavy atom. The third-order valence-corrected chi connectivity index (χ3v) is 5.30. The largest absolute Gasteiger partial charge is 0.322 e. The average Bonchev–Trinajstić information content (AvgIpc) is 3.10. The van der Waals surface area contributed by atoms with Gasteiger partial charge in [0.05, 0.1) is 5.37 Å². The Morgan fingerprint density at radius 2 is 2.08 bits per heavy atom. The molecule has 1 fully saturated rings. The fourth-order valence-electron chi connectivity index (χ4n) is 2.25. The topological polar surface area (TPSA) is 65.2 Å². The number of thioether (sulfide) groups is 1. The van der Waals surface area contributed by atoms with Crippen molar-refractivity contribution in [2.75, 3.05) is 11.9 Å². The second kappa shape index (κ2) is 8.00. The maximum atomic E-state index is 12.3. The Labute approximate surface area is 150 Å². The van der Waals surface area contributed by atoms with Crippen molar-refractivity contribution < 1.29 is 4.79 Å². The minimum Gasteiger partial charge on any atom is -0.322 e. The van der Waals surface area contributed by atoms with Crippen molar-refractivity contribution in [1.82, 2.24) is 16.4 Å². The number of rotatable bonds is 5. The molecule has 2 aromatic rings. The van der Waals surface area contributed by atoms with Gasteiger partial charge in [-0.3, -0.25) is 4.79 Å². The first-order valence-corrected chi connectivity index (χ1v) is 9.06. The second-order valence-corrected chi connectivity index (χ2v) is 7.16. The molecule has 4 N–H and O–H groups in total. The van der Waals surface area contributed by atoms with Gasteiger partial charge in [0.25, 0.3) is 5.91 Å². The summed E-state index contributed by atoms with van der Waals surface area (Å²) in [6.07, 6.45) is 0. The summed E-state index contributed by atoms with van der Waals surface area (Å²) in [6, 6.07) is 13.2. The van der Waals surface area contributed by atoms with Crippen molar-refractivity contribution in [2.45, 2.75) is 18.1 Å². The van der Waals surface area contributed by atoms with Gasteiger partial charge < -0.3 is 5.32 Å². The molecule has 7 heteroatoms. The molecule has 0 saturated carbocycles. The zero-order valence-electron chi connectivity index (χ0n) is 13.2. The number of benzene rings is 2. The van der Waals surface area contributed by atoms with Crippen molar-refractivity contribution in [3.63, 3.8) is 0 Å². The van der Waals surface area contributed by atoms with E-state index in [-0.39, 0.29) is 5.91 Å². The molecule has 0 aromatic heterocycles. The molecule has 126 valence electrons. The highest BCUT2D eigenvalue weighted by molar-refractivity contribution is 7.99. The summed E-state index contributed by atoms with van der Waals surface area (Å²) >= 11 is 7.89. The lowest BCUT2D eigenvalue weighted by Gasteiger charge is -2.09. The fourth-order valence-corrected chi connectivity index (χ4v) is 3.36.